The van der Waals surface area contributed by atoms with Gasteiger partial charge in [-0.15, -0.1) is 0 Å². The van der Waals surface area contributed by atoms with Crippen LogP contribution in [0.1, 0.15) is 53.4 Å². The minimum atomic E-state index is 0.0796. The molecule has 0 unspecified atom stereocenters. The van der Waals surface area contributed by atoms with Gasteiger partial charge >= 0.3 is 0 Å². The number of nitriles is 1. The van der Waals surface area contributed by atoms with Crippen molar-refractivity contribution in [1.82, 2.24) is 9.55 Å². The van der Waals surface area contributed by atoms with E-state index >= 15 is 0 Å². The van der Waals surface area contributed by atoms with Crippen LogP contribution in [-0.2, 0) is 6.54 Å². The van der Waals surface area contributed by atoms with Crippen LogP contribution >= 0.6 is 0 Å². The summed E-state index contributed by atoms with van der Waals surface area (Å²) in [6.07, 6.45) is 2.08. The molecular weight excluding hydrogens is 376 g/mol. The van der Waals surface area contributed by atoms with Crippen LogP contribution in [0.5, 0.6) is 0 Å². The second-order valence-electron chi connectivity index (χ2n) is 8.78. The average Bonchev–Trinajstić information content (AvgIpc) is 3.46. The van der Waals surface area contributed by atoms with E-state index in [0.29, 0.717) is 29.3 Å². The van der Waals surface area contributed by atoms with Crippen molar-refractivity contribution in [3.8, 4) is 6.07 Å². The van der Waals surface area contributed by atoms with Gasteiger partial charge in [-0.25, -0.2) is 4.98 Å². The van der Waals surface area contributed by atoms with Gasteiger partial charge in [0.15, 0.2) is 0 Å². The highest BCUT2D eigenvalue weighted by molar-refractivity contribution is 5.50. The highest BCUT2D eigenvalue weighted by Crippen LogP contribution is 2.55. The Morgan fingerprint density at radius 1 is 1.00 bits per heavy atom. The molecule has 6 rings (SSSR count). The summed E-state index contributed by atoms with van der Waals surface area (Å²) in [4.78, 5) is 19.0. The molecule has 2 aliphatic heterocycles. The van der Waals surface area contributed by atoms with Gasteiger partial charge in [-0.05, 0) is 36.3 Å². The first kappa shape index (κ1) is 17.5. The van der Waals surface area contributed by atoms with Gasteiger partial charge in [-0.1, -0.05) is 36.4 Å². The Hall–Kier alpha value is -3.33. The first-order valence-electron chi connectivity index (χ1n) is 10.6. The monoisotopic (exact) mass is 398 g/mol. The van der Waals surface area contributed by atoms with Crippen molar-refractivity contribution in [1.29, 1.82) is 5.26 Å². The number of piperidine rings is 1. The quantitative estimate of drug-likeness (QED) is 0.674. The first-order chi connectivity index (χ1) is 14.7. The van der Waals surface area contributed by atoms with Crippen LogP contribution in [-0.4, -0.2) is 22.6 Å². The summed E-state index contributed by atoms with van der Waals surface area (Å²) in [7, 11) is 0. The molecule has 6 heteroatoms. The van der Waals surface area contributed by atoms with Crippen molar-refractivity contribution < 1.29 is 4.42 Å². The number of aromatic nitrogens is 2. The molecule has 0 N–H and O–H groups in total. The zero-order valence-corrected chi connectivity index (χ0v) is 16.6. The Morgan fingerprint density at radius 3 is 2.70 bits per heavy atom. The van der Waals surface area contributed by atoms with Crippen molar-refractivity contribution in [3.05, 3.63) is 81.7 Å². The molecule has 2 aromatic heterocycles. The van der Waals surface area contributed by atoms with Gasteiger partial charge < -0.3 is 13.9 Å². The smallest absolute Gasteiger partial charge is 0.250 e. The van der Waals surface area contributed by atoms with E-state index in [-0.39, 0.29) is 17.4 Å². The summed E-state index contributed by atoms with van der Waals surface area (Å²) in [5.74, 6) is 2.59. The lowest BCUT2D eigenvalue weighted by molar-refractivity contribution is 0.274. The van der Waals surface area contributed by atoms with Gasteiger partial charge in [0.05, 0.1) is 0 Å². The average molecular weight is 398 g/mol. The summed E-state index contributed by atoms with van der Waals surface area (Å²) in [5, 5.41) is 9.70. The number of oxazole rings is 1. The molecule has 150 valence electrons. The molecule has 4 atom stereocenters. The molecule has 1 aromatic carbocycles. The second kappa shape index (κ2) is 6.60. The number of rotatable bonds is 3. The standard InChI is InChI=1S/C24H22N4O2/c25-11-20-24(30-23(26-20)19-10-18(19)16-5-2-1-3-6-16)27-12-15-9-17(14-27)21-7-4-8-22(29)28(21)13-15/h1-8,15,17-19H,9-10,12-14H2/t15-,17+,18-,19-/m1/s1. The van der Waals surface area contributed by atoms with Crippen molar-refractivity contribution in [2.75, 3.05) is 18.0 Å². The Balaban J connectivity index is 1.28. The highest BCUT2D eigenvalue weighted by atomic mass is 16.4. The van der Waals surface area contributed by atoms with Gasteiger partial charge in [0.2, 0.25) is 17.5 Å². The molecule has 0 radical (unpaired) electrons. The van der Waals surface area contributed by atoms with Crippen LogP contribution in [0.3, 0.4) is 0 Å². The van der Waals surface area contributed by atoms with E-state index in [1.54, 1.807) is 6.07 Å². The van der Waals surface area contributed by atoms with Crippen molar-refractivity contribution in [2.24, 2.45) is 5.92 Å². The molecule has 4 heterocycles. The number of anilines is 1. The fourth-order valence-corrected chi connectivity index (χ4v) is 5.37. The van der Waals surface area contributed by atoms with Crippen molar-refractivity contribution in [3.63, 3.8) is 0 Å². The number of benzene rings is 1. The first-order valence-corrected chi connectivity index (χ1v) is 10.6. The van der Waals surface area contributed by atoms with Crippen molar-refractivity contribution in [2.45, 2.75) is 37.1 Å². The Bertz CT molecular complexity index is 1210. The number of hydrogen-bond donors (Lipinski definition) is 0. The predicted octanol–water partition coefficient (Wildman–Crippen LogP) is 3.60. The third kappa shape index (κ3) is 2.77. The lowest BCUT2D eigenvalue weighted by atomic mass is 9.83. The summed E-state index contributed by atoms with van der Waals surface area (Å²) >= 11 is 0. The summed E-state index contributed by atoms with van der Waals surface area (Å²) in [5.41, 5.74) is 2.86. The van der Waals surface area contributed by atoms with Crippen LogP contribution in [0, 0.1) is 17.2 Å². The minimum Gasteiger partial charge on any atom is -0.423 e. The van der Waals surface area contributed by atoms with Gasteiger partial charge in [0.25, 0.3) is 5.56 Å². The van der Waals surface area contributed by atoms with E-state index < -0.39 is 0 Å². The van der Waals surface area contributed by atoms with Gasteiger partial charge in [0, 0.05) is 43.2 Å². The fraction of sp³-hybridized carbons (Fsp3) is 0.375. The minimum absolute atomic E-state index is 0.0796. The number of hydrogen-bond acceptors (Lipinski definition) is 5. The topological polar surface area (TPSA) is 75.1 Å². The van der Waals surface area contributed by atoms with Crippen LogP contribution in [0.2, 0.25) is 0 Å². The van der Waals surface area contributed by atoms with E-state index in [9.17, 15) is 10.1 Å². The molecule has 30 heavy (non-hydrogen) atoms. The van der Waals surface area contributed by atoms with Crippen molar-refractivity contribution >= 4 is 5.88 Å². The fourth-order valence-electron chi connectivity index (χ4n) is 5.37. The van der Waals surface area contributed by atoms with E-state index in [0.717, 1.165) is 38.2 Å². The number of pyridine rings is 1. The van der Waals surface area contributed by atoms with Crippen LogP contribution in [0.15, 0.2) is 57.7 Å². The molecule has 3 aliphatic rings. The summed E-state index contributed by atoms with van der Waals surface area (Å²) in [6, 6.07) is 18.2. The molecule has 2 bridgehead atoms. The largest absolute Gasteiger partial charge is 0.423 e. The van der Waals surface area contributed by atoms with E-state index in [1.165, 1.54) is 5.56 Å². The number of fused-ring (bicyclic) bond motifs is 4. The number of nitrogens with zero attached hydrogens (tertiary/aromatic N) is 4. The predicted molar refractivity (Wildman–Crippen MR) is 112 cm³/mol. The van der Waals surface area contributed by atoms with Gasteiger partial charge in [-0.2, -0.15) is 5.26 Å². The molecule has 1 saturated carbocycles. The lowest BCUT2D eigenvalue weighted by Crippen LogP contribution is -2.47. The van der Waals surface area contributed by atoms with E-state index in [1.807, 2.05) is 16.7 Å². The summed E-state index contributed by atoms with van der Waals surface area (Å²) < 4.78 is 8.14. The molecule has 3 aromatic rings. The molecule has 1 aliphatic carbocycles. The molecule has 1 saturated heterocycles. The highest BCUT2D eigenvalue weighted by Gasteiger charge is 2.44. The summed E-state index contributed by atoms with van der Waals surface area (Å²) in [6.45, 7) is 2.26. The SMILES string of the molecule is N#Cc1nc([C@@H]2C[C@@H]2c2ccccc2)oc1N1C[C@H]2C[C@@H](C1)c1cccc(=O)n1C2. The molecule has 0 spiro atoms. The van der Waals surface area contributed by atoms with E-state index in [2.05, 4.69) is 46.3 Å². The van der Waals surface area contributed by atoms with Gasteiger partial charge in [0.1, 0.15) is 6.07 Å². The third-order valence-electron chi connectivity index (χ3n) is 6.83. The van der Waals surface area contributed by atoms with Crippen LogP contribution in [0.4, 0.5) is 5.88 Å². The van der Waals surface area contributed by atoms with Crippen LogP contribution < -0.4 is 10.5 Å². The zero-order chi connectivity index (χ0) is 20.2. The molecule has 6 nitrogen and oxygen atoms in total. The van der Waals surface area contributed by atoms with Gasteiger partial charge in [-0.3, -0.25) is 4.79 Å². The Morgan fingerprint density at radius 2 is 1.87 bits per heavy atom. The second-order valence-corrected chi connectivity index (χ2v) is 8.78. The maximum absolute atomic E-state index is 12.3. The zero-order valence-electron chi connectivity index (χ0n) is 16.6. The van der Waals surface area contributed by atoms with Crippen LogP contribution in [0.25, 0.3) is 0 Å². The lowest BCUT2D eigenvalue weighted by Gasteiger charge is -2.42. The normalized spacial score (nSPS) is 26.7. The maximum atomic E-state index is 12.3. The third-order valence-corrected chi connectivity index (χ3v) is 6.83. The molecule has 2 fully saturated rings. The molecule has 0 amide bonds. The Kier molecular flexibility index (Phi) is 3.85. The Labute approximate surface area is 174 Å². The maximum Gasteiger partial charge on any atom is 0.250 e. The molecular formula is C24H22N4O2. The van der Waals surface area contributed by atoms with E-state index in [4.69, 9.17) is 4.42 Å².